The molecule has 1 spiro atoms. The Hall–Kier alpha value is -2.85. The molecule has 0 saturated carbocycles. The van der Waals surface area contributed by atoms with E-state index in [0.29, 0.717) is 5.28 Å². The van der Waals surface area contributed by atoms with Crippen molar-refractivity contribution in [2.24, 2.45) is 0 Å². The van der Waals surface area contributed by atoms with E-state index in [2.05, 4.69) is 69.5 Å². The molecule has 2 aromatic carbocycles. The molecule has 4 nitrogen and oxygen atoms in total. The normalized spacial score (nSPS) is 17.1. The molecular weight excluding hydrogens is 382 g/mol. The summed E-state index contributed by atoms with van der Waals surface area (Å²) in [5, 5.41) is 0.303. The van der Waals surface area contributed by atoms with E-state index in [1.54, 1.807) is 0 Å². The molecule has 0 amide bonds. The fourth-order valence-corrected chi connectivity index (χ4v) is 4.36. The van der Waals surface area contributed by atoms with Crippen LogP contribution in [0.4, 0.5) is 5.82 Å². The van der Waals surface area contributed by atoms with Crippen molar-refractivity contribution in [3.63, 3.8) is 0 Å². The van der Waals surface area contributed by atoms with Gasteiger partial charge in [0.15, 0.2) is 0 Å². The number of rotatable bonds is 2. The third-order valence-corrected chi connectivity index (χ3v) is 5.91. The van der Waals surface area contributed by atoms with Crippen LogP contribution in [0.1, 0.15) is 24.1 Å². The van der Waals surface area contributed by atoms with Crippen LogP contribution in [0.2, 0.25) is 5.28 Å². The first-order chi connectivity index (χ1) is 14.1. The van der Waals surface area contributed by atoms with Gasteiger partial charge in [-0.1, -0.05) is 42.5 Å². The largest absolute Gasteiger partial charge is 0.482 e. The highest BCUT2D eigenvalue weighted by molar-refractivity contribution is 6.28. The van der Waals surface area contributed by atoms with Gasteiger partial charge in [0, 0.05) is 43.3 Å². The van der Waals surface area contributed by atoms with Gasteiger partial charge in [-0.05, 0) is 47.9 Å². The first-order valence-electron chi connectivity index (χ1n) is 9.94. The lowest BCUT2D eigenvalue weighted by Gasteiger charge is -2.42. The zero-order valence-electron chi connectivity index (χ0n) is 16.3. The summed E-state index contributed by atoms with van der Waals surface area (Å²) in [6.45, 7) is 3.68. The van der Waals surface area contributed by atoms with Gasteiger partial charge >= 0.3 is 0 Å². The van der Waals surface area contributed by atoms with Gasteiger partial charge < -0.3 is 9.64 Å². The summed E-state index contributed by atoms with van der Waals surface area (Å²) in [6, 6.07) is 18.9. The van der Waals surface area contributed by atoms with Crippen molar-refractivity contribution in [1.82, 2.24) is 9.97 Å². The van der Waals surface area contributed by atoms with Crippen molar-refractivity contribution in [2.75, 3.05) is 18.0 Å². The number of nitrogens with zero attached hydrogens (tertiary/aromatic N) is 3. The van der Waals surface area contributed by atoms with E-state index in [1.165, 1.54) is 11.1 Å². The maximum atomic E-state index is 6.51. The Kier molecular flexibility index (Phi) is 4.51. The van der Waals surface area contributed by atoms with E-state index in [-0.39, 0.29) is 5.60 Å². The second-order valence-corrected chi connectivity index (χ2v) is 8.08. The predicted molar refractivity (Wildman–Crippen MR) is 117 cm³/mol. The zero-order chi connectivity index (χ0) is 19.8. The Morgan fingerprint density at radius 3 is 2.52 bits per heavy atom. The Morgan fingerprint density at radius 2 is 1.76 bits per heavy atom. The fraction of sp³-hybridized carbons (Fsp3) is 0.250. The summed E-state index contributed by atoms with van der Waals surface area (Å²) in [7, 11) is 0. The molecule has 0 aliphatic carbocycles. The lowest BCUT2D eigenvalue weighted by molar-refractivity contribution is 0.0891. The van der Waals surface area contributed by atoms with Crippen molar-refractivity contribution < 1.29 is 4.74 Å². The van der Waals surface area contributed by atoms with Crippen molar-refractivity contribution in [1.29, 1.82) is 0 Å². The van der Waals surface area contributed by atoms with Crippen LogP contribution < -0.4 is 9.64 Å². The van der Waals surface area contributed by atoms with Crippen molar-refractivity contribution in [3.05, 3.63) is 77.2 Å². The van der Waals surface area contributed by atoms with E-state index >= 15 is 0 Å². The second-order valence-electron chi connectivity index (χ2n) is 7.74. The van der Waals surface area contributed by atoms with Crippen LogP contribution in [0.25, 0.3) is 17.2 Å². The van der Waals surface area contributed by atoms with Gasteiger partial charge in [-0.2, -0.15) is 0 Å². The van der Waals surface area contributed by atoms with E-state index in [4.69, 9.17) is 16.3 Å². The van der Waals surface area contributed by atoms with Crippen LogP contribution in [0.3, 0.4) is 0 Å². The molecule has 0 bridgehead atoms. The highest BCUT2D eigenvalue weighted by Crippen LogP contribution is 2.39. The summed E-state index contributed by atoms with van der Waals surface area (Å²) < 4.78 is 6.51. The number of halogens is 1. The van der Waals surface area contributed by atoms with E-state index < -0.39 is 0 Å². The topological polar surface area (TPSA) is 38.2 Å². The molecule has 1 aromatic heterocycles. The molecule has 0 N–H and O–H groups in total. The minimum absolute atomic E-state index is 0.246. The Morgan fingerprint density at radius 1 is 0.966 bits per heavy atom. The van der Waals surface area contributed by atoms with E-state index in [1.807, 2.05) is 19.1 Å². The standard InChI is InChI=1S/C24H22ClN3O/c1-17-15-22(27-23(25)26-17)28-13-11-24(12-14-28)10-9-20-16-19(7-8-21(20)29-24)18-5-3-2-4-6-18/h2-10,15-16H,11-14H2,1H3. The lowest BCUT2D eigenvalue weighted by atomic mass is 9.87. The lowest BCUT2D eigenvalue weighted by Crippen LogP contribution is -2.48. The average Bonchev–Trinajstić information content (AvgIpc) is 2.74. The fourth-order valence-electron chi connectivity index (χ4n) is 4.14. The smallest absolute Gasteiger partial charge is 0.224 e. The molecule has 0 unspecified atom stereocenters. The molecule has 1 fully saturated rings. The minimum Gasteiger partial charge on any atom is -0.482 e. The van der Waals surface area contributed by atoms with Crippen LogP contribution in [0.5, 0.6) is 5.75 Å². The van der Waals surface area contributed by atoms with Crippen molar-refractivity contribution in [2.45, 2.75) is 25.4 Å². The molecule has 5 rings (SSSR count). The molecule has 5 heteroatoms. The molecular formula is C24H22ClN3O. The van der Waals surface area contributed by atoms with Gasteiger partial charge in [-0.3, -0.25) is 0 Å². The van der Waals surface area contributed by atoms with E-state index in [9.17, 15) is 0 Å². The number of hydrogen-bond donors (Lipinski definition) is 0. The van der Waals surface area contributed by atoms with Crippen molar-refractivity contribution >= 4 is 23.5 Å². The number of hydrogen-bond acceptors (Lipinski definition) is 4. The molecule has 146 valence electrons. The summed E-state index contributed by atoms with van der Waals surface area (Å²) in [6.07, 6.45) is 6.26. The molecule has 2 aliphatic rings. The molecule has 2 aliphatic heterocycles. The first-order valence-corrected chi connectivity index (χ1v) is 10.3. The summed E-state index contributed by atoms with van der Waals surface area (Å²) >= 11 is 6.04. The number of anilines is 1. The Labute approximate surface area is 175 Å². The van der Waals surface area contributed by atoms with Crippen LogP contribution in [0.15, 0.2) is 60.7 Å². The summed E-state index contributed by atoms with van der Waals surface area (Å²) in [5.41, 5.74) is 4.20. The second kappa shape index (κ2) is 7.20. The Balaban J connectivity index is 1.33. The van der Waals surface area contributed by atoms with Gasteiger partial charge in [0.05, 0.1) is 0 Å². The highest BCUT2D eigenvalue weighted by Gasteiger charge is 2.37. The van der Waals surface area contributed by atoms with Crippen molar-refractivity contribution in [3.8, 4) is 16.9 Å². The van der Waals surface area contributed by atoms with Gasteiger partial charge in [0.1, 0.15) is 17.2 Å². The summed E-state index contributed by atoms with van der Waals surface area (Å²) in [5.74, 6) is 1.85. The third-order valence-electron chi connectivity index (χ3n) is 5.74. The summed E-state index contributed by atoms with van der Waals surface area (Å²) in [4.78, 5) is 10.8. The number of aromatic nitrogens is 2. The predicted octanol–water partition coefficient (Wildman–Crippen LogP) is 5.55. The Bertz CT molecular complexity index is 1050. The molecule has 1 saturated heterocycles. The maximum Gasteiger partial charge on any atom is 0.224 e. The molecule has 0 radical (unpaired) electrons. The monoisotopic (exact) mass is 403 g/mol. The minimum atomic E-state index is -0.246. The number of piperidine rings is 1. The van der Waals surface area contributed by atoms with Gasteiger partial charge in [-0.15, -0.1) is 0 Å². The number of ether oxygens (including phenoxy) is 1. The van der Waals surface area contributed by atoms with Gasteiger partial charge in [0.2, 0.25) is 5.28 Å². The van der Waals surface area contributed by atoms with Crippen LogP contribution >= 0.6 is 11.6 Å². The maximum absolute atomic E-state index is 6.51. The van der Waals surface area contributed by atoms with Crippen LogP contribution in [-0.2, 0) is 0 Å². The van der Waals surface area contributed by atoms with Gasteiger partial charge in [-0.25, -0.2) is 9.97 Å². The number of fused-ring (bicyclic) bond motifs is 1. The quantitative estimate of drug-likeness (QED) is 0.526. The zero-order valence-corrected chi connectivity index (χ0v) is 17.1. The first kappa shape index (κ1) is 18.2. The average molecular weight is 404 g/mol. The number of aryl methyl sites for hydroxylation is 1. The van der Waals surface area contributed by atoms with Gasteiger partial charge in [0.25, 0.3) is 0 Å². The molecule has 29 heavy (non-hydrogen) atoms. The van der Waals surface area contributed by atoms with Crippen LogP contribution in [-0.4, -0.2) is 28.7 Å². The molecule has 3 heterocycles. The van der Waals surface area contributed by atoms with Crippen LogP contribution in [0, 0.1) is 6.92 Å². The number of benzene rings is 2. The van der Waals surface area contributed by atoms with E-state index in [0.717, 1.165) is 48.8 Å². The highest BCUT2D eigenvalue weighted by atomic mass is 35.5. The molecule has 0 atom stereocenters. The molecule has 3 aromatic rings. The SMILES string of the molecule is Cc1cc(N2CCC3(C=Cc4cc(-c5ccccc5)ccc4O3)CC2)nc(Cl)n1. The third kappa shape index (κ3) is 3.60.